The number of nitrogens with zero attached hydrogens (tertiary/aromatic N) is 2. The molecule has 1 aromatic heterocycles. The zero-order chi connectivity index (χ0) is 25.4. The number of amides is 1. The fourth-order valence-electron chi connectivity index (χ4n) is 4.81. The number of likely N-dealkylation sites (N-methyl/N-ethyl adjacent to an activating group) is 1. The number of fused-ring (bicyclic) bond motifs is 2. The molecule has 2 heterocycles. The van der Waals surface area contributed by atoms with E-state index in [1.165, 1.54) is 9.18 Å². The molecule has 1 unspecified atom stereocenters. The monoisotopic (exact) mass is 558 g/mol. The molecule has 0 fully saturated rings. The Balaban J connectivity index is 1.50. The summed E-state index contributed by atoms with van der Waals surface area (Å²) in [5, 5.41) is 4.47. The minimum Gasteiger partial charge on any atom is -0.330 e. The number of rotatable bonds is 6. The lowest BCUT2D eigenvalue weighted by atomic mass is 9.93. The Morgan fingerprint density at radius 1 is 1.06 bits per heavy atom. The average Bonchev–Trinajstić information content (AvgIpc) is 3.35. The highest BCUT2D eigenvalue weighted by atomic mass is 35.5. The molecule has 5 nitrogen and oxygen atoms in total. The van der Waals surface area contributed by atoms with Crippen LogP contribution in [0.4, 0.5) is 0 Å². The minimum atomic E-state index is -3.91. The summed E-state index contributed by atoms with van der Waals surface area (Å²) in [4.78, 5) is 16.9. The van der Waals surface area contributed by atoms with Gasteiger partial charge in [-0.05, 0) is 52.6 Å². The number of hydrogen-bond donors (Lipinski definition) is 0. The van der Waals surface area contributed by atoms with Crippen LogP contribution in [0.2, 0.25) is 10.0 Å². The SMILES string of the molecule is CCN(CC(=O)N1CCc2sccc2C1c1ccc(Cl)cc1Cl)S(=O)(=O)c1cccc2ccccc12. The molecule has 0 saturated carbocycles. The molecular formula is C27H24Cl2N2O3S2. The number of benzene rings is 3. The van der Waals surface area contributed by atoms with Crippen molar-refractivity contribution >= 4 is 61.2 Å². The normalized spacial score (nSPS) is 15.9. The van der Waals surface area contributed by atoms with Crippen molar-refractivity contribution in [1.29, 1.82) is 0 Å². The van der Waals surface area contributed by atoms with E-state index in [1.54, 1.807) is 53.5 Å². The van der Waals surface area contributed by atoms with Crippen molar-refractivity contribution in [1.82, 2.24) is 9.21 Å². The second-order valence-corrected chi connectivity index (χ2v) is 12.4. The lowest BCUT2D eigenvalue weighted by Crippen LogP contribution is -2.46. The third-order valence-corrected chi connectivity index (χ3v) is 10.1. The molecule has 0 spiro atoms. The molecule has 0 N–H and O–H groups in total. The third-order valence-electron chi connectivity index (χ3n) is 6.58. The Hall–Kier alpha value is -2.42. The topological polar surface area (TPSA) is 57.7 Å². The Morgan fingerprint density at radius 2 is 1.83 bits per heavy atom. The van der Waals surface area contributed by atoms with Crippen molar-refractivity contribution in [3.63, 3.8) is 0 Å². The van der Waals surface area contributed by atoms with Crippen LogP contribution in [0.25, 0.3) is 10.8 Å². The van der Waals surface area contributed by atoms with Crippen molar-refractivity contribution in [2.24, 2.45) is 0 Å². The van der Waals surface area contributed by atoms with Gasteiger partial charge in [0.05, 0.1) is 17.5 Å². The quantitative estimate of drug-likeness (QED) is 0.275. The van der Waals surface area contributed by atoms with E-state index < -0.39 is 16.1 Å². The van der Waals surface area contributed by atoms with Gasteiger partial charge in [-0.15, -0.1) is 11.3 Å². The second-order valence-electron chi connectivity index (χ2n) is 8.61. The Bertz CT molecular complexity index is 1550. The van der Waals surface area contributed by atoms with Crippen molar-refractivity contribution in [3.8, 4) is 0 Å². The van der Waals surface area contributed by atoms with E-state index in [0.29, 0.717) is 28.4 Å². The van der Waals surface area contributed by atoms with Gasteiger partial charge in [0.2, 0.25) is 15.9 Å². The number of carbonyl (C=O) groups is 1. The standard InChI is InChI=1S/C27H24Cl2N2O3S2/c1-2-30(36(33,34)25-9-5-7-18-6-3-4-8-20(18)25)17-26(32)31-14-12-24-22(13-15-35-24)27(31)21-11-10-19(28)16-23(21)29/h3-11,13,15-16,27H,2,12,14,17H2,1H3. The maximum absolute atomic E-state index is 13.8. The van der Waals surface area contributed by atoms with E-state index >= 15 is 0 Å². The molecule has 0 saturated heterocycles. The zero-order valence-electron chi connectivity index (χ0n) is 19.5. The lowest BCUT2D eigenvalue weighted by molar-refractivity contribution is -0.133. The van der Waals surface area contributed by atoms with Crippen LogP contribution in [0.15, 0.2) is 77.0 Å². The van der Waals surface area contributed by atoms with Gasteiger partial charge in [0.15, 0.2) is 0 Å². The number of carbonyl (C=O) groups excluding carboxylic acids is 1. The highest BCUT2D eigenvalue weighted by Crippen LogP contribution is 2.41. The summed E-state index contributed by atoms with van der Waals surface area (Å²) in [6, 6.07) is 19.4. The molecule has 4 aromatic rings. The fourth-order valence-corrected chi connectivity index (χ4v) is 7.84. The molecule has 1 aliphatic rings. The van der Waals surface area contributed by atoms with Crippen molar-refractivity contribution in [3.05, 3.63) is 98.2 Å². The van der Waals surface area contributed by atoms with E-state index in [1.807, 2.05) is 41.8 Å². The van der Waals surface area contributed by atoms with Gasteiger partial charge in [-0.3, -0.25) is 4.79 Å². The third kappa shape index (κ3) is 4.55. The second kappa shape index (κ2) is 10.1. The van der Waals surface area contributed by atoms with Crippen molar-refractivity contribution < 1.29 is 13.2 Å². The Labute approximate surface area is 224 Å². The average molecular weight is 560 g/mol. The van der Waals surface area contributed by atoms with Gasteiger partial charge in [-0.1, -0.05) is 72.6 Å². The van der Waals surface area contributed by atoms with Crippen LogP contribution in [0, 0.1) is 0 Å². The first-order valence-electron chi connectivity index (χ1n) is 11.6. The van der Waals surface area contributed by atoms with Crippen molar-refractivity contribution in [2.75, 3.05) is 19.6 Å². The molecule has 0 aliphatic carbocycles. The van der Waals surface area contributed by atoms with E-state index in [4.69, 9.17) is 23.2 Å². The summed E-state index contributed by atoms with van der Waals surface area (Å²) in [7, 11) is -3.91. The smallest absolute Gasteiger partial charge is 0.244 e. The summed E-state index contributed by atoms with van der Waals surface area (Å²) >= 11 is 14.4. The summed E-state index contributed by atoms with van der Waals surface area (Å²) in [6.07, 6.45) is 0.711. The molecule has 1 atom stereocenters. The van der Waals surface area contributed by atoms with Crippen LogP contribution in [0.5, 0.6) is 0 Å². The summed E-state index contributed by atoms with van der Waals surface area (Å²) in [5.74, 6) is -0.270. The first-order valence-corrected chi connectivity index (χ1v) is 14.7. The van der Waals surface area contributed by atoms with Crippen molar-refractivity contribution in [2.45, 2.75) is 24.3 Å². The van der Waals surface area contributed by atoms with Gasteiger partial charge < -0.3 is 4.90 Å². The Kier molecular flexibility index (Phi) is 7.12. The first kappa shape index (κ1) is 25.2. The number of thiophene rings is 1. The summed E-state index contributed by atoms with van der Waals surface area (Å²) in [6.45, 7) is 2.13. The van der Waals surface area contributed by atoms with E-state index in [-0.39, 0.29) is 23.9 Å². The zero-order valence-corrected chi connectivity index (χ0v) is 22.7. The summed E-state index contributed by atoms with van der Waals surface area (Å²) in [5.41, 5.74) is 1.79. The van der Waals surface area contributed by atoms with Crippen LogP contribution in [-0.4, -0.2) is 43.2 Å². The molecule has 36 heavy (non-hydrogen) atoms. The van der Waals surface area contributed by atoms with Gasteiger partial charge in [0.1, 0.15) is 0 Å². The number of sulfonamides is 1. The molecule has 1 aliphatic heterocycles. The van der Waals surface area contributed by atoms with Crippen LogP contribution < -0.4 is 0 Å². The first-order chi connectivity index (χ1) is 17.3. The Morgan fingerprint density at radius 3 is 2.61 bits per heavy atom. The van der Waals surface area contributed by atoms with Gasteiger partial charge >= 0.3 is 0 Å². The molecule has 3 aromatic carbocycles. The van der Waals surface area contributed by atoms with Crippen LogP contribution in [0.3, 0.4) is 0 Å². The predicted octanol–water partition coefficient (Wildman–Crippen LogP) is 6.39. The van der Waals surface area contributed by atoms with E-state index in [0.717, 1.165) is 16.5 Å². The summed E-state index contributed by atoms with van der Waals surface area (Å²) < 4.78 is 28.7. The van der Waals surface area contributed by atoms with Crippen LogP contribution in [0.1, 0.15) is 29.0 Å². The molecule has 0 bridgehead atoms. The lowest BCUT2D eigenvalue weighted by Gasteiger charge is -2.37. The minimum absolute atomic E-state index is 0.168. The van der Waals surface area contributed by atoms with Crippen LogP contribution in [-0.2, 0) is 21.2 Å². The highest BCUT2D eigenvalue weighted by Gasteiger charge is 2.36. The molecule has 1 amide bonds. The van der Waals surface area contributed by atoms with Gasteiger partial charge in [-0.25, -0.2) is 8.42 Å². The highest BCUT2D eigenvalue weighted by molar-refractivity contribution is 7.89. The molecule has 5 rings (SSSR count). The fraction of sp³-hybridized carbons (Fsp3) is 0.222. The van der Waals surface area contributed by atoms with Gasteiger partial charge in [0.25, 0.3) is 0 Å². The number of hydrogen-bond acceptors (Lipinski definition) is 4. The molecule has 0 radical (unpaired) electrons. The molecule has 186 valence electrons. The largest absolute Gasteiger partial charge is 0.330 e. The molecule has 9 heteroatoms. The molecular weight excluding hydrogens is 535 g/mol. The van der Waals surface area contributed by atoms with Gasteiger partial charge in [0, 0.05) is 33.4 Å². The predicted molar refractivity (Wildman–Crippen MR) is 146 cm³/mol. The van der Waals surface area contributed by atoms with Crippen LogP contribution >= 0.6 is 34.5 Å². The maximum atomic E-state index is 13.8. The van der Waals surface area contributed by atoms with E-state index in [2.05, 4.69) is 0 Å². The number of halogens is 2. The van der Waals surface area contributed by atoms with E-state index in [9.17, 15) is 13.2 Å². The maximum Gasteiger partial charge on any atom is 0.244 e. The van der Waals surface area contributed by atoms with Gasteiger partial charge in [-0.2, -0.15) is 4.31 Å².